The van der Waals surface area contributed by atoms with Crippen molar-refractivity contribution in [3.63, 3.8) is 0 Å². The summed E-state index contributed by atoms with van der Waals surface area (Å²) in [7, 11) is 1.58. The molecule has 2 N–H and O–H groups in total. The molecule has 9 heteroatoms. The number of nitrogens with zero attached hydrogens (tertiary/aromatic N) is 5. The van der Waals surface area contributed by atoms with Crippen molar-refractivity contribution in [1.82, 2.24) is 30.0 Å². The van der Waals surface area contributed by atoms with E-state index in [9.17, 15) is 4.79 Å². The van der Waals surface area contributed by atoms with E-state index in [1.54, 1.807) is 31.6 Å². The summed E-state index contributed by atoms with van der Waals surface area (Å²) in [6, 6.07) is 13.2. The summed E-state index contributed by atoms with van der Waals surface area (Å²) in [4.78, 5) is 25.3. The molecule has 0 spiro atoms. The molecule has 2 amide bonds. The van der Waals surface area contributed by atoms with Crippen LogP contribution in [0.1, 0.15) is 5.56 Å². The SMILES string of the molecule is COCCNC(=O)Nc1ccc2ncc(-c3cnn(Cc4ccccc4)c3)nc2n1. The molecule has 0 saturated heterocycles. The van der Waals surface area contributed by atoms with E-state index in [4.69, 9.17) is 4.74 Å². The number of benzene rings is 1. The minimum Gasteiger partial charge on any atom is -0.383 e. The summed E-state index contributed by atoms with van der Waals surface area (Å²) in [6.07, 6.45) is 5.37. The van der Waals surface area contributed by atoms with Crippen LogP contribution in [0.25, 0.3) is 22.4 Å². The van der Waals surface area contributed by atoms with Gasteiger partial charge in [-0.25, -0.2) is 14.8 Å². The molecular weight excluding hydrogens is 382 g/mol. The zero-order chi connectivity index (χ0) is 20.8. The molecule has 0 aliphatic heterocycles. The van der Waals surface area contributed by atoms with Crippen LogP contribution in [0.2, 0.25) is 0 Å². The second-order valence-electron chi connectivity index (χ2n) is 6.58. The van der Waals surface area contributed by atoms with Gasteiger partial charge < -0.3 is 10.1 Å². The van der Waals surface area contributed by atoms with E-state index in [-0.39, 0.29) is 6.03 Å². The summed E-state index contributed by atoms with van der Waals surface area (Å²) >= 11 is 0. The van der Waals surface area contributed by atoms with Crippen LogP contribution in [0, 0.1) is 0 Å². The Labute approximate surface area is 173 Å². The van der Waals surface area contributed by atoms with Gasteiger partial charge in [-0.2, -0.15) is 5.10 Å². The molecule has 152 valence electrons. The first-order chi connectivity index (χ1) is 14.7. The zero-order valence-electron chi connectivity index (χ0n) is 16.4. The van der Waals surface area contributed by atoms with Crippen LogP contribution in [0.5, 0.6) is 0 Å². The predicted octanol–water partition coefficient (Wildman–Crippen LogP) is 2.70. The average Bonchev–Trinajstić information content (AvgIpc) is 3.22. The van der Waals surface area contributed by atoms with Gasteiger partial charge in [0.25, 0.3) is 0 Å². The normalized spacial score (nSPS) is 10.8. The lowest BCUT2D eigenvalue weighted by Gasteiger charge is -2.07. The number of ether oxygens (including phenoxy) is 1. The van der Waals surface area contributed by atoms with Crippen LogP contribution in [0.3, 0.4) is 0 Å². The smallest absolute Gasteiger partial charge is 0.320 e. The summed E-state index contributed by atoms with van der Waals surface area (Å²) in [5, 5.41) is 9.77. The third-order valence-electron chi connectivity index (χ3n) is 4.36. The number of carbonyl (C=O) groups excluding carboxylic acids is 1. The fourth-order valence-electron chi connectivity index (χ4n) is 2.89. The van der Waals surface area contributed by atoms with Crippen molar-refractivity contribution < 1.29 is 9.53 Å². The first-order valence-electron chi connectivity index (χ1n) is 9.45. The Balaban J connectivity index is 1.50. The molecule has 0 atom stereocenters. The standard InChI is InChI=1S/C21H21N7O2/c1-30-10-9-22-21(29)27-19-8-7-17-20(26-19)25-18(12-23-17)16-11-24-28(14-16)13-15-5-3-2-4-6-15/h2-8,11-12,14H,9-10,13H2,1H3,(H2,22,25,26,27,29). The lowest BCUT2D eigenvalue weighted by Crippen LogP contribution is -2.31. The van der Waals surface area contributed by atoms with Crippen LogP contribution >= 0.6 is 0 Å². The number of nitrogens with one attached hydrogen (secondary N) is 2. The van der Waals surface area contributed by atoms with E-state index < -0.39 is 0 Å². The van der Waals surface area contributed by atoms with Gasteiger partial charge in [-0.1, -0.05) is 30.3 Å². The maximum atomic E-state index is 11.9. The molecule has 4 rings (SSSR count). The summed E-state index contributed by atoms with van der Waals surface area (Å²) in [6.45, 7) is 1.52. The van der Waals surface area contributed by atoms with E-state index in [0.29, 0.717) is 42.4 Å². The predicted molar refractivity (Wildman–Crippen MR) is 113 cm³/mol. The lowest BCUT2D eigenvalue weighted by molar-refractivity contribution is 0.198. The first-order valence-corrected chi connectivity index (χ1v) is 9.45. The average molecular weight is 403 g/mol. The molecule has 4 aromatic rings. The molecule has 30 heavy (non-hydrogen) atoms. The molecule has 9 nitrogen and oxygen atoms in total. The van der Waals surface area contributed by atoms with Gasteiger partial charge in [0.15, 0.2) is 5.65 Å². The Morgan fingerprint density at radius 3 is 2.80 bits per heavy atom. The number of amides is 2. The molecule has 0 aliphatic rings. The highest BCUT2D eigenvalue weighted by Gasteiger charge is 2.09. The summed E-state index contributed by atoms with van der Waals surface area (Å²) in [5.74, 6) is 0.392. The molecule has 0 saturated carbocycles. The van der Waals surface area contributed by atoms with Gasteiger partial charge in [0, 0.05) is 25.4 Å². The number of anilines is 1. The second kappa shape index (κ2) is 9.10. The second-order valence-corrected chi connectivity index (χ2v) is 6.58. The number of hydrogen-bond donors (Lipinski definition) is 2. The molecule has 0 fully saturated rings. The van der Waals surface area contributed by atoms with Gasteiger partial charge in [0.05, 0.1) is 31.2 Å². The number of pyridine rings is 1. The van der Waals surface area contributed by atoms with E-state index >= 15 is 0 Å². The topological polar surface area (TPSA) is 107 Å². The van der Waals surface area contributed by atoms with Crippen molar-refractivity contribution >= 4 is 23.0 Å². The van der Waals surface area contributed by atoms with Crippen LogP contribution in [0.4, 0.5) is 10.6 Å². The van der Waals surface area contributed by atoms with Gasteiger partial charge in [-0.05, 0) is 17.7 Å². The molecule has 1 aromatic carbocycles. The highest BCUT2D eigenvalue weighted by atomic mass is 16.5. The number of methoxy groups -OCH3 is 1. The van der Waals surface area contributed by atoms with Crippen LogP contribution in [-0.4, -0.2) is 51.0 Å². The highest BCUT2D eigenvalue weighted by molar-refractivity contribution is 5.89. The van der Waals surface area contributed by atoms with Crippen molar-refractivity contribution in [2.45, 2.75) is 6.54 Å². The Morgan fingerprint density at radius 1 is 1.10 bits per heavy atom. The van der Waals surface area contributed by atoms with E-state index in [0.717, 1.165) is 11.1 Å². The minimum atomic E-state index is -0.356. The molecule has 3 aromatic heterocycles. The van der Waals surface area contributed by atoms with Gasteiger partial charge in [0.2, 0.25) is 0 Å². The van der Waals surface area contributed by atoms with Crippen molar-refractivity contribution in [2.24, 2.45) is 0 Å². The van der Waals surface area contributed by atoms with Gasteiger partial charge in [0.1, 0.15) is 11.3 Å². The fraction of sp³-hybridized carbons (Fsp3) is 0.190. The van der Waals surface area contributed by atoms with E-state index in [1.165, 1.54) is 0 Å². The number of carbonyl (C=O) groups is 1. The lowest BCUT2D eigenvalue weighted by atomic mass is 10.2. The van der Waals surface area contributed by atoms with Crippen molar-refractivity contribution in [3.05, 3.63) is 66.6 Å². The Hall–Kier alpha value is -3.85. The minimum absolute atomic E-state index is 0.356. The summed E-state index contributed by atoms with van der Waals surface area (Å²) < 4.78 is 6.76. The Kier molecular flexibility index (Phi) is 5.90. The molecule has 3 heterocycles. The number of urea groups is 1. The van der Waals surface area contributed by atoms with Crippen LogP contribution in [-0.2, 0) is 11.3 Å². The van der Waals surface area contributed by atoms with E-state index in [1.807, 2.05) is 29.1 Å². The Bertz CT molecular complexity index is 1140. The van der Waals surface area contributed by atoms with Crippen LogP contribution in [0.15, 0.2) is 61.1 Å². The maximum absolute atomic E-state index is 11.9. The molecule has 0 aliphatic carbocycles. The number of aromatic nitrogens is 5. The number of rotatable bonds is 7. The van der Waals surface area contributed by atoms with Crippen molar-refractivity contribution in [1.29, 1.82) is 0 Å². The fourth-order valence-corrected chi connectivity index (χ4v) is 2.89. The quantitative estimate of drug-likeness (QED) is 0.460. The maximum Gasteiger partial charge on any atom is 0.320 e. The largest absolute Gasteiger partial charge is 0.383 e. The van der Waals surface area contributed by atoms with Crippen molar-refractivity contribution in [3.8, 4) is 11.3 Å². The van der Waals surface area contributed by atoms with Gasteiger partial charge in [-0.15, -0.1) is 0 Å². The zero-order valence-corrected chi connectivity index (χ0v) is 16.4. The van der Waals surface area contributed by atoms with Gasteiger partial charge in [-0.3, -0.25) is 15.0 Å². The third-order valence-corrected chi connectivity index (χ3v) is 4.36. The molecule has 0 radical (unpaired) electrons. The molecule has 0 unspecified atom stereocenters. The monoisotopic (exact) mass is 403 g/mol. The third kappa shape index (κ3) is 4.76. The number of fused-ring (bicyclic) bond motifs is 1. The van der Waals surface area contributed by atoms with Crippen LogP contribution < -0.4 is 10.6 Å². The molecule has 0 bridgehead atoms. The molecular formula is C21H21N7O2. The van der Waals surface area contributed by atoms with E-state index in [2.05, 4.69) is 42.8 Å². The number of hydrogen-bond acceptors (Lipinski definition) is 6. The first kappa shape index (κ1) is 19.5. The summed E-state index contributed by atoms with van der Waals surface area (Å²) in [5.41, 5.74) is 3.76. The van der Waals surface area contributed by atoms with Crippen molar-refractivity contribution in [2.75, 3.05) is 25.6 Å². The van der Waals surface area contributed by atoms with Gasteiger partial charge >= 0.3 is 6.03 Å². The highest BCUT2D eigenvalue weighted by Crippen LogP contribution is 2.19. The Morgan fingerprint density at radius 2 is 1.97 bits per heavy atom.